The Hall–Kier alpha value is -2.53. The van der Waals surface area contributed by atoms with Crippen molar-refractivity contribution in [1.82, 2.24) is 0 Å². The number of nitrogens with zero attached hydrogens (tertiary/aromatic N) is 2. The number of rotatable bonds is 5. The molecule has 2 aliphatic carbocycles. The molecule has 0 saturated heterocycles. The molecule has 0 bridgehead atoms. The summed E-state index contributed by atoms with van der Waals surface area (Å²) in [7, 11) is 7.71. The van der Waals surface area contributed by atoms with Gasteiger partial charge in [0.15, 0.2) is 8.24 Å². The summed E-state index contributed by atoms with van der Waals surface area (Å²) in [6, 6.07) is 37.5. The van der Waals surface area contributed by atoms with Crippen LogP contribution in [0.4, 0.5) is 22.7 Å². The molecule has 0 spiro atoms. The maximum atomic E-state index is 5.06. The number of benzene rings is 4. The number of halogens is 2. The van der Waals surface area contributed by atoms with E-state index in [4.69, 9.17) is 23.9 Å². The van der Waals surface area contributed by atoms with Gasteiger partial charge in [0, 0.05) is 11.4 Å². The summed E-state index contributed by atoms with van der Waals surface area (Å²) in [4.78, 5) is 0. The van der Waals surface area contributed by atoms with Gasteiger partial charge in [-0.1, -0.05) is 130 Å². The zero-order chi connectivity index (χ0) is 30.0. The molecule has 226 valence electrons. The summed E-state index contributed by atoms with van der Waals surface area (Å²) in [5, 5.41) is 5.06. The number of anilines is 2. The molecule has 2 nitrogen and oxygen atoms in total. The summed E-state index contributed by atoms with van der Waals surface area (Å²) >= 11 is -0.556. The topological polar surface area (TPSA) is 17.3 Å². The third-order valence-electron chi connectivity index (χ3n) is 9.66. The molecule has 4 aromatic carbocycles. The summed E-state index contributed by atoms with van der Waals surface area (Å²) in [5.41, 5.74) is 10.9. The van der Waals surface area contributed by atoms with E-state index in [2.05, 4.69) is 146 Å². The third-order valence-corrected chi connectivity index (χ3v) is 13.8. The van der Waals surface area contributed by atoms with Gasteiger partial charge in [0.2, 0.25) is 0 Å². The van der Waals surface area contributed by atoms with Gasteiger partial charge in [0.1, 0.15) is 0 Å². The van der Waals surface area contributed by atoms with Crippen molar-refractivity contribution in [3.63, 3.8) is 0 Å². The predicted octanol–water partition coefficient (Wildman–Crippen LogP) is 12.9. The van der Waals surface area contributed by atoms with Crippen molar-refractivity contribution in [2.75, 3.05) is 4.57 Å². The Morgan fingerprint density at radius 2 is 1.36 bits per heavy atom. The number of hydrogen-bond acceptors (Lipinski definition) is 1. The third kappa shape index (κ3) is 6.15. The number of allylic oxidation sites excluding steroid dienone is 4. The van der Waals surface area contributed by atoms with Crippen LogP contribution in [0.25, 0.3) is 22.0 Å². The van der Waals surface area contributed by atoms with Gasteiger partial charge in [-0.25, -0.2) is 0 Å². The standard InChI is InChI=1S/C37H37N2Si.CH3.2ClH.Ti/c1-4-26-25-32-30(29-17-12-16-28(24-29)27-14-6-5-7-15-27)18-13-19-31(32)37(26)40(2,3)39-35-22-10-8-20-33(35)38-34-21-9-11-23-36(34)39;;;;/h5-24,26,31-32,37H,4,25H2,1-3H3;1H3;2*1H;/q2*-1;;;+2/p-2/t26-,31+,32-,37?;;;;/m1..../s1. The average molecular weight is 672 g/mol. The van der Waals surface area contributed by atoms with Gasteiger partial charge in [0.05, 0.1) is 0 Å². The van der Waals surface area contributed by atoms with Crippen LogP contribution in [0.15, 0.2) is 121 Å². The summed E-state index contributed by atoms with van der Waals surface area (Å²) in [5.74, 6) is 1.79. The van der Waals surface area contributed by atoms with Gasteiger partial charge in [0.25, 0.3) is 0 Å². The first-order valence-electron chi connectivity index (χ1n) is 15.2. The Morgan fingerprint density at radius 1 is 0.795 bits per heavy atom. The molecule has 3 aliphatic rings. The first kappa shape index (κ1) is 32.9. The van der Waals surface area contributed by atoms with Gasteiger partial charge < -0.3 is 17.3 Å². The van der Waals surface area contributed by atoms with E-state index in [9.17, 15) is 0 Å². The zero-order valence-electron chi connectivity index (χ0n) is 25.9. The second kappa shape index (κ2) is 14.3. The van der Waals surface area contributed by atoms with Crippen molar-refractivity contribution in [2.45, 2.75) is 38.4 Å². The molecule has 1 fully saturated rings. The van der Waals surface area contributed by atoms with Crippen molar-refractivity contribution in [2.24, 2.45) is 17.8 Å². The molecule has 1 saturated carbocycles. The van der Waals surface area contributed by atoms with E-state index >= 15 is 0 Å². The van der Waals surface area contributed by atoms with Crippen molar-refractivity contribution in [3.8, 4) is 11.1 Å². The van der Waals surface area contributed by atoms with E-state index < -0.39 is 25.3 Å². The molecule has 1 heterocycles. The molecule has 4 atom stereocenters. The molecule has 1 aliphatic heterocycles. The minimum absolute atomic E-state index is 0. The first-order valence-corrected chi connectivity index (χ1v) is 22.5. The zero-order valence-corrected chi connectivity index (χ0v) is 30.0. The molecule has 6 heteroatoms. The number of para-hydroxylation sites is 4. The second-order valence-corrected chi connectivity index (χ2v) is 19.2. The number of fused-ring (bicyclic) bond motifs is 3. The molecule has 0 aromatic heterocycles. The van der Waals surface area contributed by atoms with Crippen LogP contribution in [-0.4, -0.2) is 8.24 Å². The Balaban J connectivity index is 0.000000924. The SMILES string of the molecule is CC[C@@H]1C[C@@H]2C(c3cccc(-c4ccccc4)c3)=CC=C[C@@H]2C1[Si](C)(C)N1c2ccccc2[N-]c2ccccc21.[CH3-].[Cl][Ti][Cl]. The molecule has 0 amide bonds. The van der Waals surface area contributed by atoms with Crippen LogP contribution in [-0.2, 0) is 17.0 Å². The predicted molar refractivity (Wildman–Crippen MR) is 191 cm³/mol. The van der Waals surface area contributed by atoms with E-state index in [-0.39, 0.29) is 7.43 Å². The molecular formula is C38H40Cl2N2SiTi-2. The van der Waals surface area contributed by atoms with Crippen molar-refractivity contribution >= 4 is 55.2 Å². The molecule has 4 aromatic rings. The van der Waals surface area contributed by atoms with E-state index in [0.29, 0.717) is 23.3 Å². The van der Waals surface area contributed by atoms with Crippen LogP contribution in [0.5, 0.6) is 0 Å². The van der Waals surface area contributed by atoms with E-state index in [1.807, 2.05) is 0 Å². The maximum absolute atomic E-state index is 5.06. The van der Waals surface area contributed by atoms with Gasteiger partial charge in [-0.2, -0.15) is 0 Å². The monoisotopic (exact) mass is 670 g/mol. The van der Waals surface area contributed by atoms with E-state index in [1.165, 1.54) is 46.5 Å². The Labute approximate surface area is 282 Å². The quantitative estimate of drug-likeness (QED) is 0.152. The molecular weight excluding hydrogens is 631 g/mol. The van der Waals surface area contributed by atoms with E-state index in [0.717, 1.165) is 11.4 Å². The number of hydrogen-bond donors (Lipinski definition) is 0. The molecule has 7 rings (SSSR count). The fourth-order valence-corrected chi connectivity index (χ4v) is 12.7. The Kier molecular flexibility index (Phi) is 10.7. The van der Waals surface area contributed by atoms with Gasteiger partial charge in [-0.3, -0.25) is 0 Å². The first-order chi connectivity index (χ1) is 21.0. The molecule has 0 radical (unpaired) electrons. The van der Waals surface area contributed by atoms with Gasteiger partial charge in [-0.05, 0) is 70.2 Å². The van der Waals surface area contributed by atoms with Crippen LogP contribution in [0, 0.1) is 25.2 Å². The Bertz CT molecular complexity index is 1590. The normalized spacial score (nSPS) is 21.3. The fourth-order valence-electron chi connectivity index (χ4n) is 8.01. The fraction of sp³-hybridized carbons (Fsp3) is 0.237. The van der Waals surface area contributed by atoms with Crippen molar-refractivity contribution in [1.29, 1.82) is 0 Å². The summed E-state index contributed by atoms with van der Waals surface area (Å²) < 4.78 is 2.75. The van der Waals surface area contributed by atoms with Gasteiger partial charge in [-0.15, -0.1) is 11.4 Å². The van der Waals surface area contributed by atoms with Crippen molar-refractivity contribution in [3.05, 3.63) is 140 Å². The van der Waals surface area contributed by atoms with Crippen LogP contribution in [0.1, 0.15) is 25.3 Å². The summed E-state index contributed by atoms with van der Waals surface area (Å²) in [6.07, 6.45) is 9.79. The van der Waals surface area contributed by atoms with Crippen LogP contribution in [0.2, 0.25) is 18.6 Å². The second-order valence-electron chi connectivity index (χ2n) is 12.2. The average Bonchev–Trinajstić information content (AvgIpc) is 3.44. The Morgan fingerprint density at radius 3 is 2.00 bits per heavy atom. The molecule has 1 unspecified atom stereocenters. The van der Waals surface area contributed by atoms with E-state index in [1.54, 1.807) is 0 Å². The van der Waals surface area contributed by atoms with Crippen LogP contribution in [0.3, 0.4) is 0 Å². The molecule has 44 heavy (non-hydrogen) atoms. The molecule has 0 N–H and O–H groups in total. The van der Waals surface area contributed by atoms with Crippen molar-refractivity contribution < 1.29 is 17.0 Å². The van der Waals surface area contributed by atoms with Crippen LogP contribution < -0.4 is 4.57 Å². The van der Waals surface area contributed by atoms with Gasteiger partial charge >= 0.3 is 35.6 Å². The minimum atomic E-state index is -2.06. The van der Waals surface area contributed by atoms with Crippen LogP contribution >= 0.6 is 18.6 Å². The summed E-state index contributed by atoms with van der Waals surface area (Å²) in [6.45, 7) is 7.64.